The fraction of sp³-hybridized carbons (Fsp3) is 0.500. The first-order chi connectivity index (χ1) is 7.65. The zero-order chi connectivity index (χ0) is 11.5. The van der Waals surface area contributed by atoms with Gasteiger partial charge in [-0.3, -0.25) is 4.90 Å². The largest absolute Gasteiger partial charge is 0.309 e. The maximum atomic E-state index is 5.91. The molecule has 2 heterocycles. The molecule has 0 amide bonds. The smallest absolute Gasteiger partial charge is 0.0931 e. The Balaban J connectivity index is 1.86. The van der Waals surface area contributed by atoms with Crippen molar-refractivity contribution in [3.63, 3.8) is 0 Å². The molecule has 0 bridgehead atoms. The third-order valence-corrected chi connectivity index (χ3v) is 4.06. The molecule has 0 aliphatic carbocycles. The first-order valence-corrected chi connectivity index (χ1v) is 6.65. The van der Waals surface area contributed by atoms with Crippen LogP contribution in [0.15, 0.2) is 23.3 Å². The van der Waals surface area contributed by atoms with E-state index in [1.165, 1.54) is 10.5 Å². The molecule has 4 heteroatoms. The van der Waals surface area contributed by atoms with Gasteiger partial charge in [0, 0.05) is 31.1 Å². The molecule has 2 nitrogen and oxygen atoms in total. The number of hydrogen-bond donors (Lipinski definition) is 1. The Morgan fingerprint density at radius 1 is 1.50 bits per heavy atom. The van der Waals surface area contributed by atoms with Gasteiger partial charge in [-0.25, -0.2) is 0 Å². The molecule has 1 aromatic rings. The summed E-state index contributed by atoms with van der Waals surface area (Å²) < 4.78 is 0.877. The second-order valence-electron chi connectivity index (χ2n) is 4.37. The molecule has 1 aliphatic rings. The molecule has 0 spiro atoms. The predicted molar refractivity (Wildman–Crippen MR) is 71.2 cm³/mol. The van der Waals surface area contributed by atoms with Crippen molar-refractivity contribution in [3.8, 4) is 0 Å². The molecular formula is C12H17ClN2S. The van der Waals surface area contributed by atoms with Gasteiger partial charge in [0.05, 0.1) is 4.34 Å². The summed E-state index contributed by atoms with van der Waals surface area (Å²) >= 11 is 7.58. The SMILES string of the molecule is CC(CN(C)Cc1ccc(Cl)s1)=C1CNC1. The molecule has 1 saturated heterocycles. The molecule has 0 radical (unpaired) electrons. The number of rotatable bonds is 4. The number of hydrogen-bond acceptors (Lipinski definition) is 3. The summed E-state index contributed by atoms with van der Waals surface area (Å²) in [6.45, 7) is 6.41. The highest BCUT2D eigenvalue weighted by molar-refractivity contribution is 7.16. The number of nitrogens with zero attached hydrogens (tertiary/aromatic N) is 1. The maximum absolute atomic E-state index is 5.91. The number of likely N-dealkylation sites (N-methyl/N-ethyl adjacent to an activating group) is 1. The molecule has 16 heavy (non-hydrogen) atoms. The van der Waals surface area contributed by atoms with Gasteiger partial charge in [0.1, 0.15) is 0 Å². The lowest BCUT2D eigenvalue weighted by Crippen LogP contribution is -2.36. The lowest BCUT2D eigenvalue weighted by atomic mass is 10.0. The highest BCUT2D eigenvalue weighted by atomic mass is 35.5. The van der Waals surface area contributed by atoms with Gasteiger partial charge in [-0.1, -0.05) is 17.2 Å². The minimum atomic E-state index is 0.877. The average molecular weight is 257 g/mol. The zero-order valence-electron chi connectivity index (χ0n) is 9.72. The Kier molecular flexibility index (Phi) is 4.03. The highest BCUT2D eigenvalue weighted by Crippen LogP contribution is 2.22. The lowest BCUT2D eigenvalue weighted by Gasteiger charge is -2.24. The molecule has 1 aliphatic heterocycles. The van der Waals surface area contributed by atoms with Gasteiger partial charge in [0.25, 0.3) is 0 Å². The van der Waals surface area contributed by atoms with Crippen LogP contribution in [0.3, 0.4) is 0 Å². The molecule has 0 atom stereocenters. The van der Waals surface area contributed by atoms with Crippen LogP contribution in [-0.4, -0.2) is 31.6 Å². The van der Waals surface area contributed by atoms with Crippen LogP contribution >= 0.6 is 22.9 Å². The third kappa shape index (κ3) is 3.08. The topological polar surface area (TPSA) is 15.3 Å². The van der Waals surface area contributed by atoms with Crippen molar-refractivity contribution in [1.29, 1.82) is 0 Å². The van der Waals surface area contributed by atoms with Gasteiger partial charge >= 0.3 is 0 Å². The molecule has 2 rings (SSSR count). The van der Waals surface area contributed by atoms with Crippen molar-refractivity contribution in [2.45, 2.75) is 13.5 Å². The molecule has 0 unspecified atom stereocenters. The molecule has 88 valence electrons. The predicted octanol–water partition coefficient (Wildman–Crippen LogP) is 2.75. The third-order valence-electron chi connectivity index (χ3n) is 2.84. The van der Waals surface area contributed by atoms with E-state index in [0.717, 1.165) is 30.5 Å². The minimum absolute atomic E-state index is 0.877. The van der Waals surface area contributed by atoms with Crippen molar-refractivity contribution in [2.75, 3.05) is 26.7 Å². The quantitative estimate of drug-likeness (QED) is 0.834. The Morgan fingerprint density at radius 3 is 2.75 bits per heavy atom. The van der Waals surface area contributed by atoms with Crippen molar-refractivity contribution in [2.24, 2.45) is 0 Å². The summed E-state index contributed by atoms with van der Waals surface area (Å²) in [6, 6.07) is 4.08. The Hall–Kier alpha value is -0.350. The second kappa shape index (κ2) is 5.32. The first kappa shape index (κ1) is 12.1. The van der Waals surface area contributed by atoms with E-state index in [2.05, 4.69) is 30.3 Å². The monoisotopic (exact) mass is 256 g/mol. The summed E-state index contributed by atoms with van der Waals surface area (Å²) in [5.74, 6) is 0. The minimum Gasteiger partial charge on any atom is -0.309 e. The Labute approximate surface area is 106 Å². The molecular weight excluding hydrogens is 240 g/mol. The van der Waals surface area contributed by atoms with E-state index < -0.39 is 0 Å². The molecule has 1 N–H and O–H groups in total. The van der Waals surface area contributed by atoms with Crippen LogP contribution in [0.4, 0.5) is 0 Å². The van der Waals surface area contributed by atoms with E-state index >= 15 is 0 Å². The van der Waals surface area contributed by atoms with Gasteiger partial charge in [0.15, 0.2) is 0 Å². The Morgan fingerprint density at radius 2 is 2.25 bits per heavy atom. The van der Waals surface area contributed by atoms with E-state index in [1.54, 1.807) is 16.9 Å². The van der Waals surface area contributed by atoms with Gasteiger partial charge in [-0.15, -0.1) is 11.3 Å². The average Bonchev–Trinajstić information content (AvgIpc) is 2.47. The van der Waals surface area contributed by atoms with E-state index in [4.69, 9.17) is 11.6 Å². The summed E-state index contributed by atoms with van der Waals surface area (Å²) in [7, 11) is 2.16. The van der Waals surface area contributed by atoms with Crippen LogP contribution < -0.4 is 5.32 Å². The van der Waals surface area contributed by atoms with Crippen LogP contribution in [0.1, 0.15) is 11.8 Å². The van der Waals surface area contributed by atoms with E-state index in [9.17, 15) is 0 Å². The van der Waals surface area contributed by atoms with E-state index in [0.29, 0.717) is 0 Å². The summed E-state index contributed by atoms with van der Waals surface area (Å²) in [4.78, 5) is 3.67. The molecule has 0 aromatic carbocycles. The first-order valence-electron chi connectivity index (χ1n) is 5.46. The van der Waals surface area contributed by atoms with Crippen LogP contribution in [0.25, 0.3) is 0 Å². The fourth-order valence-corrected chi connectivity index (χ4v) is 2.99. The maximum Gasteiger partial charge on any atom is 0.0931 e. The van der Waals surface area contributed by atoms with Crippen LogP contribution in [0, 0.1) is 0 Å². The van der Waals surface area contributed by atoms with Gasteiger partial charge in [-0.05, 0) is 31.7 Å². The van der Waals surface area contributed by atoms with Gasteiger partial charge in [-0.2, -0.15) is 0 Å². The molecule has 1 aromatic heterocycles. The van der Waals surface area contributed by atoms with Crippen molar-refractivity contribution in [3.05, 3.63) is 32.5 Å². The summed E-state index contributed by atoms with van der Waals surface area (Å²) in [6.07, 6.45) is 0. The van der Waals surface area contributed by atoms with Crippen molar-refractivity contribution < 1.29 is 0 Å². The van der Waals surface area contributed by atoms with E-state index in [1.807, 2.05) is 6.07 Å². The number of nitrogens with one attached hydrogen (secondary N) is 1. The molecule has 0 saturated carbocycles. The summed E-state index contributed by atoms with van der Waals surface area (Å²) in [5.41, 5.74) is 3.07. The van der Waals surface area contributed by atoms with Gasteiger partial charge in [0.2, 0.25) is 0 Å². The van der Waals surface area contributed by atoms with Crippen LogP contribution in [0.2, 0.25) is 4.34 Å². The standard InChI is InChI=1S/C12H17ClN2S/c1-9(10-5-14-6-10)7-15(2)8-11-3-4-12(13)16-11/h3-4,14H,5-8H2,1-2H3. The number of halogens is 1. The fourth-order valence-electron chi connectivity index (χ4n) is 1.83. The van der Waals surface area contributed by atoms with Crippen molar-refractivity contribution >= 4 is 22.9 Å². The lowest BCUT2D eigenvalue weighted by molar-refractivity contribution is 0.355. The zero-order valence-corrected chi connectivity index (χ0v) is 11.3. The normalized spacial score (nSPS) is 15.4. The van der Waals surface area contributed by atoms with E-state index in [-0.39, 0.29) is 0 Å². The Bertz CT molecular complexity index is 391. The molecule has 1 fully saturated rings. The number of thiophene rings is 1. The van der Waals surface area contributed by atoms with Crippen LogP contribution in [-0.2, 0) is 6.54 Å². The van der Waals surface area contributed by atoms with Gasteiger partial charge < -0.3 is 5.32 Å². The van der Waals surface area contributed by atoms with Crippen LogP contribution in [0.5, 0.6) is 0 Å². The summed E-state index contributed by atoms with van der Waals surface area (Å²) in [5, 5.41) is 3.28. The van der Waals surface area contributed by atoms with Crippen molar-refractivity contribution in [1.82, 2.24) is 10.2 Å². The highest BCUT2D eigenvalue weighted by Gasteiger charge is 2.12. The second-order valence-corrected chi connectivity index (χ2v) is 6.17.